The smallest absolute Gasteiger partial charge is 0.00388 e. The molecule has 2 fully saturated rings. The molecule has 2 aliphatic rings. The molecule has 0 aromatic carbocycles. The molecule has 0 radical (unpaired) electrons. The number of nitrogens with zero attached hydrogens (tertiary/aromatic N) is 2. The van der Waals surface area contributed by atoms with Crippen LogP contribution in [0, 0.1) is 11.8 Å². The van der Waals surface area contributed by atoms with Gasteiger partial charge in [0.25, 0.3) is 0 Å². The molecule has 0 N–H and O–H groups in total. The third kappa shape index (κ3) is 2.05. The summed E-state index contributed by atoms with van der Waals surface area (Å²) in [5, 5.41) is 0. The molecule has 2 aliphatic heterocycles. The van der Waals surface area contributed by atoms with Crippen molar-refractivity contribution in [2.24, 2.45) is 11.8 Å². The quantitative estimate of drug-likeness (QED) is 0.649. The van der Waals surface area contributed by atoms with Gasteiger partial charge in [0.05, 0.1) is 0 Å². The predicted molar refractivity (Wildman–Crippen MR) is 55.8 cm³/mol. The van der Waals surface area contributed by atoms with Crippen LogP contribution in [0.1, 0.15) is 20.8 Å². The van der Waals surface area contributed by atoms with E-state index in [-0.39, 0.29) is 0 Å². The molecule has 0 saturated carbocycles. The van der Waals surface area contributed by atoms with Crippen LogP contribution < -0.4 is 0 Å². The first-order valence-corrected chi connectivity index (χ1v) is 5.61. The molecule has 0 aliphatic carbocycles. The molecule has 0 spiro atoms. The third-order valence-corrected chi connectivity index (χ3v) is 3.37. The molecule has 0 amide bonds. The van der Waals surface area contributed by atoms with Gasteiger partial charge in [-0.25, -0.2) is 0 Å². The van der Waals surface area contributed by atoms with Crippen molar-refractivity contribution in [2.45, 2.75) is 26.8 Å². The van der Waals surface area contributed by atoms with Gasteiger partial charge in [0.2, 0.25) is 0 Å². The summed E-state index contributed by atoms with van der Waals surface area (Å²) in [7, 11) is 0. The van der Waals surface area contributed by atoms with Crippen molar-refractivity contribution >= 4 is 0 Å². The minimum Gasteiger partial charge on any atom is -0.302 e. The summed E-state index contributed by atoms with van der Waals surface area (Å²) in [4.78, 5) is 5.17. The van der Waals surface area contributed by atoms with E-state index in [1.807, 2.05) is 0 Å². The molecule has 2 rings (SSSR count). The molecule has 0 aromatic rings. The minimum atomic E-state index is 0.756. The van der Waals surface area contributed by atoms with Crippen molar-refractivity contribution in [1.29, 1.82) is 0 Å². The Morgan fingerprint density at radius 2 is 1.77 bits per heavy atom. The van der Waals surface area contributed by atoms with Crippen LogP contribution in [0.25, 0.3) is 0 Å². The van der Waals surface area contributed by atoms with Gasteiger partial charge < -0.3 is 9.80 Å². The van der Waals surface area contributed by atoms with Gasteiger partial charge in [0.1, 0.15) is 0 Å². The zero-order valence-corrected chi connectivity index (χ0v) is 9.16. The molecule has 2 heterocycles. The zero-order chi connectivity index (χ0) is 9.42. The molecular formula is C11H22N2. The lowest BCUT2D eigenvalue weighted by molar-refractivity contribution is 0.0114. The van der Waals surface area contributed by atoms with Crippen molar-refractivity contribution < 1.29 is 0 Å². The molecule has 2 heteroatoms. The standard InChI is InChI=1S/C11H22N2/c1-9(2)13-7-11(8-13)6-12-4-10(3)5-12/h9-11H,4-8H2,1-3H3. The maximum absolute atomic E-state index is 2.60. The van der Waals surface area contributed by atoms with Crippen molar-refractivity contribution in [3.05, 3.63) is 0 Å². The Balaban J connectivity index is 1.59. The number of rotatable bonds is 3. The lowest BCUT2D eigenvalue weighted by Gasteiger charge is -2.47. The minimum absolute atomic E-state index is 0.756. The molecule has 76 valence electrons. The van der Waals surface area contributed by atoms with Crippen molar-refractivity contribution in [3.63, 3.8) is 0 Å². The number of hydrogen-bond acceptors (Lipinski definition) is 2. The third-order valence-electron chi connectivity index (χ3n) is 3.37. The lowest BCUT2D eigenvalue weighted by atomic mass is 9.94. The molecule has 0 atom stereocenters. The van der Waals surface area contributed by atoms with E-state index in [1.165, 1.54) is 32.7 Å². The maximum Gasteiger partial charge on any atom is 0.00388 e. The molecule has 0 unspecified atom stereocenters. The second-order valence-electron chi connectivity index (χ2n) is 5.24. The Morgan fingerprint density at radius 3 is 2.23 bits per heavy atom. The maximum atomic E-state index is 2.60. The Labute approximate surface area is 81.9 Å². The fourth-order valence-electron chi connectivity index (χ4n) is 2.49. The summed E-state index contributed by atoms with van der Waals surface area (Å²) in [5.41, 5.74) is 0. The Bertz CT molecular complexity index is 167. The second-order valence-corrected chi connectivity index (χ2v) is 5.24. The highest BCUT2D eigenvalue weighted by molar-refractivity contribution is 4.87. The highest BCUT2D eigenvalue weighted by Crippen LogP contribution is 2.23. The summed E-state index contributed by atoms with van der Waals surface area (Å²) in [6.07, 6.45) is 0. The summed E-state index contributed by atoms with van der Waals surface area (Å²) >= 11 is 0. The van der Waals surface area contributed by atoms with E-state index in [1.54, 1.807) is 0 Å². The van der Waals surface area contributed by atoms with Crippen LogP contribution >= 0.6 is 0 Å². The Hall–Kier alpha value is -0.0800. The molecular weight excluding hydrogens is 160 g/mol. The highest BCUT2D eigenvalue weighted by atomic mass is 15.2. The zero-order valence-electron chi connectivity index (χ0n) is 9.16. The van der Waals surface area contributed by atoms with Crippen molar-refractivity contribution in [3.8, 4) is 0 Å². The normalized spacial score (nSPS) is 27.7. The lowest BCUT2D eigenvalue weighted by Crippen LogP contribution is -2.57. The highest BCUT2D eigenvalue weighted by Gasteiger charge is 2.32. The fraction of sp³-hybridized carbons (Fsp3) is 1.00. The Kier molecular flexibility index (Phi) is 2.61. The topological polar surface area (TPSA) is 6.48 Å². The van der Waals surface area contributed by atoms with E-state index in [0.29, 0.717) is 0 Å². The van der Waals surface area contributed by atoms with E-state index in [2.05, 4.69) is 30.6 Å². The first-order chi connectivity index (χ1) is 6.15. The Morgan fingerprint density at radius 1 is 1.15 bits per heavy atom. The van der Waals surface area contributed by atoms with Gasteiger partial charge in [0.15, 0.2) is 0 Å². The van der Waals surface area contributed by atoms with Crippen LogP contribution in [0.5, 0.6) is 0 Å². The fourth-order valence-corrected chi connectivity index (χ4v) is 2.49. The van der Waals surface area contributed by atoms with Gasteiger partial charge in [-0.15, -0.1) is 0 Å². The van der Waals surface area contributed by atoms with Crippen molar-refractivity contribution in [2.75, 3.05) is 32.7 Å². The van der Waals surface area contributed by atoms with E-state index in [9.17, 15) is 0 Å². The molecule has 0 aromatic heterocycles. The average molecular weight is 182 g/mol. The van der Waals surface area contributed by atoms with Crippen LogP contribution in [-0.2, 0) is 0 Å². The number of likely N-dealkylation sites (tertiary alicyclic amines) is 2. The molecule has 13 heavy (non-hydrogen) atoms. The second kappa shape index (κ2) is 3.58. The summed E-state index contributed by atoms with van der Waals surface area (Å²) < 4.78 is 0. The van der Waals surface area contributed by atoms with E-state index in [4.69, 9.17) is 0 Å². The van der Waals surface area contributed by atoms with Gasteiger partial charge >= 0.3 is 0 Å². The monoisotopic (exact) mass is 182 g/mol. The first-order valence-electron chi connectivity index (χ1n) is 5.61. The average Bonchev–Trinajstić information content (AvgIpc) is 1.90. The van der Waals surface area contributed by atoms with Gasteiger partial charge in [-0.05, 0) is 25.7 Å². The predicted octanol–water partition coefficient (Wildman–Crippen LogP) is 1.28. The molecule has 2 saturated heterocycles. The summed E-state index contributed by atoms with van der Waals surface area (Å²) in [5.74, 6) is 1.93. The SMILES string of the molecule is CC1CN(CC2CN(C(C)C)C2)C1. The van der Waals surface area contributed by atoms with E-state index >= 15 is 0 Å². The van der Waals surface area contributed by atoms with Gasteiger partial charge in [0, 0.05) is 38.8 Å². The van der Waals surface area contributed by atoms with Crippen LogP contribution in [0.2, 0.25) is 0 Å². The summed E-state index contributed by atoms with van der Waals surface area (Å²) in [6, 6.07) is 0.756. The van der Waals surface area contributed by atoms with Crippen LogP contribution in [0.4, 0.5) is 0 Å². The molecule has 2 nitrogen and oxygen atoms in total. The van der Waals surface area contributed by atoms with Crippen molar-refractivity contribution in [1.82, 2.24) is 9.80 Å². The van der Waals surface area contributed by atoms with E-state index < -0.39 is 0 Å². The van der Waals surface area contributed by atoms with E-state index in [0.717, 1.165) is 17.9 Å². The van der Waals surface area contributed by atoms with Gasteiger partial charge in [-0.3, -0.25) is 0 Å². The first kappa shape index (κ1) is 9.47. The van der Waals surface area contributed by atoms with Crippen LogP contribution in [-0.4, -0.2) is 48.6 Å². The molecule has 0 bridgehead atoms. The van der Waals surface area contributed by atoms with Crippen LogP contribution in [0.15, 0.2) is 0 Å². The van der Waals surface area contributed by atoms with Gasteiger partial charge in [-0.1, -0.05) is 6.92 Å². The largest absolute Gasteiger partial charge is 0.302 e. The number of hydrogen-bond donors (Lipinski definition) is 0. The van der Waals surface area contributed by atoms with Gasteiger partial charge in [-0.2, -0.15) is 0 Å². The van der Waals surface area contributed by atoms with Crippen LogP contribution in [0.3, 0.4) is 0 Å². The summed E-state index contributed by atoms with van der Waals surface area (Å²) in [6.45, 7) is 13.6.